The van der Waals surface area contributed by atoms with E-state index in [4.69, 9.17) is 10.5 Å². The third kappa shape index (κ3) is 4.51. The molecule has 6 heteroatoms. The van der Waals surface area contributed by atoms with Crippen molar-refractivity contribution < 1.29 is 0 Å². The van der Waals surface area contributed by atoms with Gasteiger partial charge in [-0.25, -0.2) is 0 Å². The molecule has 0 aliphatic rings. The van der Waals surface area contributed by atoms with Crippen molar-refractivity contribution in [1.29, 1.82) is 10.5 Å². The highest BCUT2D eigenvalue weighted by molar-refractivity contribution is 7.07. The number of hydrogen-bond donors (Lipinski definition) is 0. The van der Waals surface area contributed by atoms with Crippen molar-refractivity contribution >= 4 is 28.7 Å². The number of nitrogens with zero attached hydrogens (tertiary/aromatic N) is 4. The lowest BCUT2D eigenvalue weighted by atomic mass is 10.1. The van der Waals surface area contributed by atoms with Crippen molar-refractivity contribution in [2.75, 3.05) is 11.4 Å². The zero-order chi connectivity index (χ0) is 21.5. The van der Waals surface area contributed by atoms with Crippen LogP contribution in [0, 0.1) is 22.7 Å². The third-order valence-corrected chi connectivity index (χ3v) is 5.95. The van der Waals surface area contributed by atoms with Gasteiger partial charge < -0.3 is 4.90 Å². The maximum atomic E-state index is 12.7. The van der Waals surface area contributed by atoms with Gasteiger partial charge in [-0.15, -0.1) is 11.3 Å². The molecule has 1 heterocycles. The monoisotopic (exact) mass is 414 g/mol. The minimum Gasteiger partial charge on any atom is -0.367 e. The van der Waals surface area contributed by atoms with Gasteiger partial charge in [-0.1, -0.05) is 42.5 Å². The molecule has 0 amide bonds. The summed E-state index contributed by atoms with van der Waals surface area (Å²) < 4.78 is 2.40. The van der Waals surface area contributed by atoms with E-state index >= 15 is 0 Å². The van der Waals surface area contributed by atoms with Gasteiger partial charge in [-0.05, 0) is 43.2 Å². The molecule has 0 N–H and O–H groups in total. The van der Waals surface area contributed by atoms with Crippen LogP contribution in [0.2, 0.25) is 0 Å². The first-order valence-electron chi connectivity index (χ1n) is 9.76. The number of aromatic nitrogens is 1. The van der Waals surface area contributed by atoms with E-state index in [1.807, 2.05) is 67.6 Å². The molecule has 3 rings (SSSR count). The molecule has 1 aromatic heterocycles. The fraction of sp³-hybridized carbons (Fsp3) is 0.208. The van der Waals surface area contributed by atoms with Gasteiger partial charge >= 0.3 is 0 Å². The summed E-state index contributed by atoms with van der Waals surface area (Å²) in [7, 11) is 0. The summed E-state index contributed by atoms with van der Waals surface area (Å²) in [6, 6.07) is 22.2. The Morgan fingerprint density at radius 2 is 1.73 bits per heavy atom. The van der Waals surface area contributed by atoms with E-state index in [-0.39, 0.29) is 11.1 Å². The van der Waals surface area contributed by atoms with Gasteiger partial charge in [0.15, 0.2) is 5.57 Å². The summed E-state index contributed by atoms with van der Waals surface area (Å²) in [6.07, 6.45) is 1.81. The summed E-state index contributed by atoms with van der Waals surface area (Å²) in [5.74, 6) is 0. The third-order valence-electron chi connectivity index (χ3n) is 4.82. The van der Waals surface area contributed by atoms with E-state index in [0.29, 0.717) is 15.7 Å². The van der Waals surface area contributed by atoms with E-state index in [0.717, 1.165) is 24.3 Å². The molecule has 0 atom stereocenters. The smallest absolute Gasteiger partial charge is 0.269 e. The molecule has 0 aliphatic heterocycles. The summed E-state index contributed by atoms with van der Waals surface area (Å²) in [5, 5.41) is 18.3. The Morgan fingerprint density at radius 3 is 2.30 bits per heavy atom. The second-order valence-electron chi connectivity index (χ2n) is 6.66. The Kier molecular flexibility index (Phi) is 6.85. The van der Waals surface area contributed by atoms with Gasteiger partial charge in [0.05, 0.1) is 4.53 Å². The van der Waals surface area contributed by atoms with Crippen molar-refractivity contribution in [2.45, 2.75) is 26.9 Å². The van der Waals surface area contributed by atoms with Crippen LogP contribution in [0.3, 0.4) is 0 Å². The lowest BCUT2D eigenvalue weighted by molar-refractivity contribution is 0.722. The van der Waals surface area contributed by atoms with Gasteiger partial charge in [-0.3, -0.25) is 9.36 Å². The fourth-order valence-corrected chi connectivity index (χ4v) is 4.35. The number of thiazole rings is 1. The predicted molar refractivity (Wildman–Crippen MR) is 121 cm³/mol. The second kappa shape index (κ2) is 9.73. The van der Waals surface area contributed by atoms with Gasteiger partial charge in [0.1, 0.15) is 16.8 Å². The molecular weight excluding hydrogens is 392 g/mol. The molecule has 0 fully saturated rings. The normalized spacial score (nSPS) is 11.0. The molecule has 0 radical (unpaired) electrons. The highest BCUT2D eigenvalue weighted by atomic mass is 32.1. The van der Waals surface area contributed by atoms with Crippen LogP contribution >= 0.6 is 11.3 Å². The summed E-state index contributed by atoms with van der Waals surface area (Å²) in [4.78, 5) is 15.0. The maximum absolute atomic E-state index is 12.7. The van der Waals surface area contributed by atoms with Crippen LogP contribution < -0.4 is 19.7 Å². The van der Waals surface area contributed by atoms with Crippen LogP contribution in [0.5, 0.6) is 0 Å². The van der Waals surface area contributed by atoms with Crippen LogP contribution in [-0.2, 0) is 13.1 Å². The Balaban J connectivity index is 1.95. The number of hydrogen-bond acceptors (Lipinski definition) is 5. The minimum absolute atomic E-state index is 0.0338. The van der Waals surface area contributed by atoms with Crippen molar-refractivity contribution in [3.8, 4) is 12.1 Å². The van der Waals surface area contributed by atoms with E-state index in [1.54, 1.807) is 0 Å². The highest BCUT2D eigenvalue weighted by Crippen LogP contribution is 2.18. The molecule has 150 valence electrons. The SMILES string of the molecule is CCN(Cc1ccccc1)c1ccc(/C=c2\sc(=C(C#N)C#N)n(CC)c2=O)cc1. The Hall–Kier alpha value is -3.61. The second-order valence-corrected chi connectivity index (χ2v) is 7.69. The summed E-state index contributed by atoms with van der Waals surface area (Å²) in [6.45, 7) is 6.08. The van der Waals surface area contributed by atoms with Gasteiger partial charge in [0.2, 0.25) is 0 Å². The predicted octanol–water partition coefficient (Wildman–Crippen LogP) is 2.98. The van der Waals surface area contributed by atoms with Gasteiger partial charge in [0, 0.05) is 25.3 Å². The molecule has 0 bridgehead atoms. The van der Waals surface area contributed by atoms with E-state index in [2.05, 4.69) is 24.0 Å². The zero-order valence-corrected chi connectivity index (χ0v) is 17.8. The number of anilines is 1. The summed E-state index contributed by atoms with van der Waals surface area (Å²) in [5.41, 5.74) is 3.06. The topological polar surface area (TPSA) is 72.8 Å². The number of nitriles is 2. The first kappa shape index (κ1) is 21.1. The molecular formula is C24H22N4OS. The van der Waals surface area contributed by atoms with E-state index in [9.17, 15) is 4.79 Å². The Morgan fingerprint density at radius 1 is 1.07 bits per heavy atom. The molecule has 5 nitrogen and oxygen atoms in total. The van der Waals surface area contributed by atoms with Gasteiger partial charge in [0.25, 0.3) is 5.56 Å². The molecule has 3 aromatic rings. The van der Waals surface area contributed by atoms with Crippen LogP contribution in [0.15, 0.2) is 59.4 Å². The Labute approximate surface area is 179 Å². The van der Waals surface area contributed by atoms with Crippen LogP contribution in [0.25, 0.3) is 11.6 Å². The molecule has 0 unspecified atom stereocenters. The molecule has 2 aromatic carbocycles. The number of benzene rings is 2. The van der Waals surface area contributed by atoms with Crippen LogP contribution in [0.1, 0.15) is 25.0 Å². The lowest BCUT2D eigenvalue weighted by Gasteiger charge is -2.23. The van der Waals surface area contributed by atoms with Crippen molar-refractivity contribution in [3.63, 3.8) is 0 Å². The van der Waals surface area contributed by atoms with Crippen LogP contribution in [0.4, 0.5) is 5.69 Å². The van der Waals surface area contributed by atoms with Crippen molar-refractivity contribution in [2.24, 2.45) is 0 Å². The molecule has 0 spiro atoms. The van der Waals surface area contributed by atoms with E-state index in [1.165, 1.54) is 21.5 Å². The molecule has 0 aliphatic carbocycles. The molecule has 30 heavy (non-hydrogen) atoms. The summed E-state index contributed by atoms with van der Waals surface area (Å²) >= 11 is 1.18. The number of rotatable bonds is 6. The Bertz CT molecular complexity index is 1260. The maximum Gasteiger partial charge on any atom is 0.269 e. The van der Waals surface area contributed by atoms with Crippen LogP contribution in [-0.4, -0.2) is 11.1 Å². The van der Waals surface area contributed by atoms with E-state index < -0.39 is 0 Å². The standard InChI is InChI=1S/C24H22N4OS/c1-3-27(17-19-8-6-5-7-9-19)21-12-10-18(11-13-21)14-22-23(29)28(4-2)24(30-22)20(15-25)16-26/h5-14H,3-4,17H2,1-2H3/b22-14-. The minimum atomic E-state index is -0.177. The lowest BCUT2D eigenvalue weighted by Crippen LogP contribution is -2.31. The fourth-order valence-electron chi connectivity index (χ4n) is 3.24. The highest BCUT2D eigenvalue weighted by Gasteiger charge is 2.08. The first-order chi connectivity index (χ1) is 14.6. The average molecular weight is 415 g/mol. The molecule has 0 saturated heterocycles. The quantitative estimate of drug-likeness (QED) is 0.622. The van der Waals surface area contributed by atoms with Crippen molar-refractivity contribution in [1.82, 2.24) is 4.57 Å². The average Bonchev–Trinajstić information content (AvgIpc) is 3.09. The largest absolute Gasteiger partial charge is 0.367 e. The first-order valence-corrected chi connectivity index (χ1v) is 10.6. The molecule has 0 saturated carbocycles. The van der Waals surface area contributed by atoms with Crippen molar-refractivity contribution in [3.05, 3.63) is 85.3 Å². The zero-order valence-electron chi connectivity index (χ0n) is 17.0. The van der Waals surface area contributed by atoms with Gasteiger partial charge in [-0.2, -0.15) is 10.5 Å².